The second-order valence-electron chi connectivity index (χ2n) is 6.65. The first kappa shape index (κ1) is 20.2. The molecule has 2 heterocycles. The van der Waals surface area contributed by atoms with E-state index in [4.69, 9.17) is 9.47 Å². The van der Waals surface area contributed by atoms with Gasteiger partial charge in [-0.3, -0.25) is 5.43 Å². The van der Waals surface area contributed by atoms with Crippen LogP contribution in [0.2, 0.25) is 0 Å². The molecule has 0 fully saturated rings. The summed E-state index contributed by atoms with van der Waals surface area (Å²) in [6, 6.07) is 20.8. The first-order chi connectivity index (χ1) is 15.6. The molecule has 10 heteroatoms. The van der Waals surface area contributed by atoms with Crippen molar-refractivity contribution in [2.45, 2.75) is 5.56 Å². The largest absolute Gasteiger partial charge is 0.508 e. The Kier molecular flexibility index (Phi) is 5.53. The molecule has 0 saturated carbocycles. The van der Waals surface area contributed by atoms with Crippen molar-refractivity contribution in [2.24, 2.45) is 5.10 Å². The van der Waals surface area contributed by atoms with Gasteiger partial charge in [-0.1, -0.05) is 16.4 Å². The van der Waals surface area contributed by atoms with Gasteiger partial charge in [-0.25, -0.2) is 0 Å². The minimum Gasteiger partial charge on any atom is -0.508 e. The lowest BCUT2D eigenvalue weighted by Gasteiger charge is -2.12. The van der Waals surface area contributed by atoms with E-state index in [1.165, 1.54) is 23.1 Å². The summed E-state index contributed by atoms with van der Waals surface area (Å²) >= 11 is 2.76. The Morgan fingerprint density at radius 2 is 1.38 bits per heavy atom. The maximum Gasteiger partial charge on any atom is 0.299 e. The third-order valence-corrected chi connectivity index (χ3v) is 6.21. The normalized spacial score (nSPS) is 15.1. The van der Waals surface area contributed by atoms with Crippen LogP contribution in [0.15, 0.2) is 77.9 Å². The van der Waals surface area contributed by atoms with Gasteiger partial charge in [0.2, 0.25) is 5.56 Å². The molecule has 8 nitrogen and oxygen atoms in total. The second kappa shape index (κ2) is 8.77. The van der Waals surface area contributed by atoms with Crippen LogP contribution >= 0.6 is 23.1 Å². The molecule has 32 heavy (non-hydrogen) atoms. The lowest BCUT2D eigenvalue weighted by molar-refractivity contribution is 0.257. The standard InChI is InChI=1S/C22H16N4O4S2/c27-15-5-1-13(2-6-15)19-23-25-21(31-19)29-17-9-11-18(12-10-17)30-22-26-24-20(32-22)14-3-7-16(28)8-4-14/h1-12,21,25,27-28H. The van der Waals surface area contributed by atoms with Crippen LogP contribution in [0.5, 0.6) is 28.2 Å². The average Bonchev–Trinajstić information content (AvgIpc) is 3.46. The number of rotatable bonds is 6. The van der Waals surface area contributed by atoms with Crippen LogP contribution in [0.1, 0.15) is 5.56 Å². The van der Waals surface area contributed by atoms with Gasteiger partial charge in [-0.15, -0.1) is 5.10 Å². The monoisotopic (exact) mass is 464 g/mol. The zero-order valence-electron chi connectivity index (χ0n) is 16.4. The van der Waals surface area contributed by atoms with Gasteiger partial charge in [-0.2, -0.15) is 5.10 Å². The van der Waals surface area contributed by atoms with Crippen molar-refractivity contribution < 1.29 is 19.7 Å². The molecule has 0 aliphatic carbocycles. The number of ether oxygens (including phenoxy) is 2. The summed E-state index contributed by atoms with van der Waals surface area (Å²) in [6.07, 6.45) is 0. The smallest absolute Gasteiger partial charge is 0.299 e. The molecule has 1 atom stereocenters. The molecule has 0 saturated heterocycles. The highest BCUT2D eigenvalue weighted by atomic mass is 32.2. The van der Waals surface area contributed by atoms with Crippen LogP contribution in [-0.4, -0.2) is 31.0 Å². The molecule has 160 valence electrons. The van der Waals surface area contributed by atoms with Gasteiger partial charge in [0, 0.05) is 11.1 Å². The Hall–Kier alpha value is -3.76. The zero-order valence-corrected chi connectivity index (χ0v) is 18.0. The molecular weight excluding hydrogens is 448 g/mol. The SMILES string of the molecule is Oc1ccc(C2=NNC(Oc3ccc(Oc4nnc(-c5ccc(O)cc5)s4)cc3)S2)cc1. The highest BCUT2D eigenvalue weighted by Crippen LogP contribution is 2.33. The van der Waals surface area contributed by atoms with Crippen LogP contribution in [-0.2, 0) is 0 Å². The number of phenols is 2. The summed E-state index contributed by atoms with van der Waals surface area (Å²) in [7, 11) is 0. The number of aromatic hydroxyl groups is 2. The van der Waals surface area contributed by atoms with Gasteiger partial charge in [0.25, 0.3) is 5.19 Å². The minimum absolute atomic E-state index is 0.200. The lowest BCUT2D eigenvalue weighted by Crippen LogP contribution is -2.22. The molecule has 5 rings (SSSR count). The number of benzene rings is 3. The van der Waals surface area contributed by atoms with E-state index < -0.39 is 0 Å². The molecule has 1 aromatic heterocycles. The van der Waals surface area contributed by atoms with E-state index in [1.54, 1.807) is 72.8 Å². The number of hydrogen-bond donors (Lipinski definition) is 3. The molecule has 0 bridgehead atoms. The van der Waals surface area contributed by atoms with Crippen molar-refractivity contribution in [1.29, 1.82) is 0 Å². The van der Waals surface area contributed by atoms with Crippen molar-refractivity contribution in [3.8, 4) is 38.8 Å². The Balaban J connectivity index is 1.17. The number of nitrogens with zero attached hydrogens (tertiary/aromatic N) is 3. The number of aromatic nitrogens is 2. The summed E-state index contributed by atoms with van der Waals surface area (Å²) in [5.41, 5.74) is 4.35. The predicted molar refractivity (Wildman–Crippen MR) is 123 cm³/mol. The van der Waals surface area contributed by atoms with Gasteiger partial charge in [0.1, 0.15) is 28.0 Å². The van der Waals surface area contributed by atoms with Gasteiger partial charge < -0.3 is 19.7 Å². The minimum atomic E-state index is -0.360. The first-order valence-electron chi connectivity index (χ1n) is 9.49. The Bertz CT molecular complexity index is 1240. The van der Waals surface area contributed by atoms with Gasteiger partial charge in [-0.05, 0) is 84.6 Å². The van der Waals surface area contributed by atoms with Gasteiger partial charge >= 0.3 is 0 Å². The van der Waals surface area contributed by atoms with Crippen LogP contribution in [0, 0.1) is 0 Å². The summed E-state index contributed by atoms with van der Waals surface area (Å²) in [6.45, 7) is 0. The van der Waals surface area contributed by atoms with Crippen molar-refractivity contribution in [1.82, 2.24) is 15.6 Å². The van der Waals surface area contributed by atoms with E-state index in [9.17, 15) is 10.2 Å². The first-order valence-corrected chi connectivity index (χ1v) is 11.2. The third kappa shape index (κ3) is 4.61. The van der Waals surface area contributed by atoms with E-state index in [2.05, 4.69) is 20.7 Å². The van der Waals surface area contributed by atoms with E-state index in [0.717, 1.165) is 16.2 Å². The molecule has 1 unspecified atom stereocenters. The number of nitrogens with one attached hydrogen (secondary N) is 1. The molecule has 0 spiro atoms. The molecule has 0 amide bonds. The average molecular weight is 465 g/mol. The van der Waals surface area contributed by atoms with E-state index in [-0.39, 0.29) is 17.1 Å². The number of hydrazone groups is 1. The van der Waals surface area contributed by atoms with Crippen molar-refractivity contribution in [3.05, 3.63) is 78.4 Å². The van der Waals surface area contributed by atoms with Crippen LogP contribution in [0.3, 0.4) is 0 Å². The number of hydrogen-bond acceptors (Lipinski definition) is 10. The maximum absolute atomic E-state index is 9.41. The summed E-state index contributed by atoms with van der Waals surface area (Å²) in [5.74, 6) is 1.68. The second-order valence-corrected chi connectivity index (χ2v) is 8.64. The fourth-order valence-electron chi connectivity index (χ4n) is 2.83. The molecule has 4 aromatic rings. The van der Waals surface area contributed by atoms with E-state index >= 15 is 0 Å². The quantitative estimate of drug-likeness (QED) is 0.374. The number of phenolic OH excluding ortho intramolecular Hbond substituents is 2. The van der Waals surface area contributed by atoms with E-state index in [1.807, 2.05) is 0 Å². The number of thioether (sulfide) groups is 1. The third-order valence-electron chi connectivity index (χ3n) is 4.40. The van der Waals surface area contributed by atoms with Crippen molar-refractivity contribution in [3.63, 3.8) is 0 Å². The molecule has 1 aliphatic heterocycles. The zero-order chi connectivity index (χ0) is 21.9. The Labute approximate surface area is 191 Å². The molecular formula is C22H16N4O4S2. The van der Waals surface area contributed by atoms with Crippen LogP contribution in [0.4, 0.5) is 0 Å². The Morgan fingerprint density at radius 1 is 0.750 bits per heavy atom. The van der Waals surface area contributed by atoms with Crippen LogP contribution in [0.25, 0.3) is 10.6 Å². The summed E-state index contributed by atoms with van der Waals surface area (Å²) < 4.78 is 11.7. The topological polar surface area (TPSA) is 109 Å². The van der Waals surface area contributed by atoms with E-state index in [0.29, 0.717) is 21.7 Å². The summed E-state index contributed by atoms with van der Waals surface area (Å²) in [4.78, 5) is 0. The molecule has 3 N–H and O–H groups in total. The highest BCUT2D eigenvalue weighted by Gasteiger charge is 2.22. The highest BCUT2D eigenvalue weighted by molar-refractivity contribution is 8.15. The Morgan fingerprint density at radius 3 is 2.06 bits per heavy atom. The maximum atomic E-state index is 9.41. The van der Waals surface area contributed by atoms with Gasteiger partial charge in [0.05, 0.1) is 0 Å². The lowest BCUT2D eigenvalue weighted by atomic mass is 10.2. The van der Waals surface area contributed by atoms with Gasteiger partial charge in [0.15, 0.2) is 5.01 Å². The van der Waals surface area contributed by atoms with Crippen molar-refractivity contribution >= 4 is 28.1 Å². The van der Waals surface area contributed by atoms with Crippen LogP contribution < -0.4 is 14.9 Å². The molecule has 0 radical (unpaired) electrons. The summed E-state index contributed by atoms with van der Waals surface area (Å²) in [5, 5.41) is 33.2. The van der Waals surface area contributed by atoms with Crippen molar-refractivity contribution in [2.75, 3.05) is 0 Å². The molecule has 1 aliphatic rings. The fourth-order valence-corrected chi connectivity index (χ4v) is 4.40. The molecule has 3 aromatic carbocycles. The predicted octanol–water partition coefficient (Wildman–Crippen LogP) is 4.77. The fraction of sp³-hybridized carbons (Fsp3) is 0.0455.